The molecule has 0 unspecified atom stereocenters. The number of nitrogens with zero attached hydrogens (tertiary/aromatic N) is 4. The van der Waals surface area contributed by atoms with E-state index in [0.29, 0.717) is 39.6 Å². The van der Waals surface area contributed by atoms with Gasteiger partial charge in [-0.2, -0.15) is 4.98 Å². The molecule has 0 saturated carbocycles. The van der Waals surface area contributed by atoms with Crippen molar-refractivity contribution in [3.05, 3.63) is 46.1 Å². The van der Waals surface area contributed by atoms with Crippen LogP contribution in [0.1, 0.15) is 12.8 Å². The Morgan fingerprint density at radius 3 is 3.04 bits per heavy atom. The summed E-state index contributed by atoms with van der Waals surface area (Å²) in [6.07, 6.45) is 1.56. The van der Waals surface area contributed by atoms with Crippen LogP contribution in [0.15, 0.2) is 48.7 Å². The molecule has 0 bridgehead atoms. The van der Waals surface area contributed by atoms with E-state index in [1.807, 2.05) is 18.4 Å². The third-order valence-electron chi connectivity index (χ3n) is 3.38. The summed E-state index contributed by atoms with van der Waals surface area (Å²) >= 11 is 2.81. The summed E-state index contributed by atoms with van der Waals surface area (Å²) in [7, 11) is 0. The minimum Gasteiger partial charge on any atom is -0.461 e. The van der Waals surface area contributed by atoms with Crippen LogP contribution in [0.4, 0.5) is 0 Å². The van der Waals surface area contributed by atoms with Crippen LogP contribution < -0.4 is 5.56 Å². The molecule has 0 amide bonds. The van der Waals surface area contributed by atoms with Gasteiger partial charge < -0.3 is 8.94 Å². The standard InChI is InChI=1S/C15H12N4O3S2/c1-2-19-14(20)12-9(5-7-23-12)16-15(19)24-8-11-17-13(18-22-11)10-4-3-6-21-10/h3-7H,2,8H2,1H3. The molecule has 4 rings (SSSR count). The molecule has 0 aromatic carbocycles. The van der Waals surface area contributed by atoms with Gasteiger partial charge in [0.15, 0.2) is 10.9 Å². The number of hydrogen-bond acceptors (Lipinski definition) is 8. The minimum absolute atomic E-state index is 0.0122. The highest BCUT2D eigenvalue weighted by Crippen LogP contribution is 2.24. The van der Waals surface area contributed by atoms with E-state index in [1.54, 1.807) is 23.0 Å². The summed E-state index contributed by atoms with van der Waals surface area (Å²) in [5.74, 6) is 1.84. The normalized spacial score (nSPS) is 11.4. The van der Waals surface area contributed by atoms with Crippen molar-refractivity contribution in [3.8, 4) is 11.6 Å². The molecule has 24 heavy (non-hydrogen) atoms. The first-order valence-electron chi connectivity index (χ1n) is 7.23. The fourth-order valence-corrected chi connectivity index (χ4v) is 3.94. The number of thioether (sulfide) groups is 1. The molecule has 4 heterocycles. The van der Waals surface area contributed by atoms with E-state index in [9.17, 15) is 4.79 Å². The summed E-state index contributed by atoms with van der Waals surface area (Å²) in [5.41, 5.74) is 0.709. The molecule has 9 heteroatoms. The van der Waals surface area contributed by atoms with Crippen LogP contribution in [0.5, 0.6) is 0 Å². The number of aromatic nitrogens is 4. The van der Waals surface area contributed by atoms with Gasteiger partial charge in [0.2, 0.25) is 11.7 Å². The lowest BCUT2D eigenvalue weighted by Crippen LogP contribution is -2.21. The van der Waals surface area contributed by atoms with Crippen molar-refractivity contribution in [1.29, 1.82) is 0 Å². The second-order valence-electron chi connectivity index (χ2n) is 4.86. The molecule has 0 atom stereocenters. The van der Waals surface area contributed by atoms with E-state index < -0.39 is 0 Å². The monoisotopic (exact) mass is 360 g/mol. The molecular weight excluding hydrogens is 348 g/mol. The maximum atomic E-state index is 12.5. The van der Waals surface area contributed by atoms with Crippen LogP contribution >= 0.6 is 23.1 Å². The first kappa shape index (κ1) is 15.2. The molecule has 0 spiro atoms. The van der Waals surface area contributed by atoms with Crippen LogP contribution in [0.2, 0.25) is 0 Å². The first-order chi connectivity index (χ1) is 11.8. The number of rotatable bonds is 5. The molecular formula is C15H12N4O3S2. The maximum Gasteiger partial charge on any atom is 0.272 e. The Kier molecular flexibility index (Phi) is 3.95. The van der Waals surface area contributed by atoms with Crippen molar-refractivity contribution in [3.63, 3.8) is 0 Å². The second kappa shape index (κ2) is 6.25. The summed E-state index contributed by atoms with van der Waals surface area (Å²) in [6.45, 7) is 2.48. The fraction of sp³-hybridized carbons (Fsp3) is 0.200. The molecule has 0 aliphatic heterocycles. The highest BCUT2D eigenvalue weighted by atomic mass is 32.2. The average molecular weight is 360 g/mol. The van der Waals surface area contributed by atoms with Crippen molar-refractivity contribution < 1.29 is 8.94 Å². The zero-order valence-corrected chi connectivity index (χ0v) is 14.3. The van der Waals surface area contributed by atoms with E-state index >= 15 is 0 Å². The van der Waals surface area contributed by atoms with Crippen LogP contribution in [0, 0.1) is 0 Å². The van der Waals surface area contributed by atoms with Gasteiger partial charge in [0, 0.05) is 6.54 Å². The SMILES string of the molecule is CCn1c(SCc2nc(-c3ccco3)no2)nc2ccsc2c1=O. The smallest absolute Gasteiger partial charge is 0.272 e. The first-order valence-corrected chi connectivity index (χ1v) is 9.10. The predicted molar refractivity (Wildman–Crippen MR) is 91.1 cm³/mol. The van der Waals surface area contributed by atoms with E-state index in [-0.39, 0.29) is 5.56 Å². The molecule has 7 nitrogen and oxygen atoms in total. The summed E-state index contributed by atoms with van der Waals surface area (Å²) in [5, 5.41) is 6.41. The van der Waals surface area contributed by atoms with Gasteiger partial charge in [-0.1, -0.05) is 16.9 Å². The molecule has 0 aliphatic carbocycles. The van der Waals surface area contributed by atoms with E-state index in [0.717, 1.165) is 5.52 Å². The Labute approximate surface area is 144 Å². The summed E-state index contributed by atoms with van der Waals surface area (Å²) < 4.78 is 12.8. The van der Waals surface area contributed by atoms with Crippen LogP contribution in [-0.4, -0.2) is 19.7 Å². The van der Waals surface area contributed by atoms with Gasteiger partial charge in [-0.25, -0.2) is 4.98 Å². The van der Waals surface area contributed by atoms with E-state index in [2.05, 4.69) is 15.1 Å². The third-order valence-corrected chi connectivity index (χ3v) is 5.23. The number of fused-ring (bicyclic) bond motifs is 1. The zero-order valence-electron chi connectivity index (χ0n) is 12.6. The van der Waals surface area contributed by atoms with Crippen LogP contribution in [-0.2, 0) is 12.3 Å². The Morgan fingerprint density at radius 2 is 2.25 bits per heavy atom. The molecule has 4 aromatic rings. The van der Waals surface area contributed by atoms with Gasteiger partial charge in [0.1, 0.15) is 4.70 Å². The minimum atomic E-state index is -0.0122. The van der Waals surface area contributed by atoms with Gasteiger partial charge in [-0.3, -0.25) is 9.36 Å². The van der Waals surface area contributed by atoms with Crippen LogP contribution in [0.3, 0.4) is 0 Å². The quantitative estimate of drug-likeness (QED) is 0.398. The number of hydrogen-bond donors (Lipinski definition) is 0. The Morgan fingerprint density at radius 1 is 1.33 bits per heavy atom. The molecule has 0 saturated heterocycles. The van der Waals surface area contributed by atoms with Gasteiger partial charge in [0.25, 0.3) is 5.56 Å². The maximum absolute atomic E-state index is 12.5. The molecule has 0 fully saturated rings. The second-order valence-corrected chi connectivity index (χ2v) is 6.72. The highest BCUT2D eigenvalue weighted by Gasteiger charge is 2.15. The largest absolute Gasteiger partial charge is 0.461 e. The van der Waals surface area contributed by atoms with Gasteiger partial charge in [-0.15, -0.1) is 11.3 Å². The van der Waals surface area contributed by atoms with Crippen molar-refractivity contribution in [1.82, 2.24) is 19.7 Å². The number of thiophene rings is 1. The van der Waals surface area contributed by atoms with E-state index in [1.165, 1.54) is 23.1 Å². The zero-order chi connectivity index (χ0) is 16.5. The Bertz CT molecular complexity index is 1030. The summed E-state index contributed by atoms with van der Waals surface area (Å²) in [6, 6.07) is 5.38. The summed E-state index contributed by atoms with van der Waals surface area (Å²) in [4.78, 5) is 21.3. The molecule has 0 N–H and O–H groups in total. The van der Waals surface area contributed by atoms with Gasteiger partial charge in [-0.05, 0) is 30.5 Å². The van der Waals surface area contributed by atoms with Crippen molar-refractivity contribution in [2.75, 3.05) is 0 Å². The predicted octanol–water partition coefficient (Wildman–Crippen LogP) is 3.41. The topological polar surface area (TPSA) is 86.9 Å². The lowest BCUT2D eigenvalue weighted by molar-refractivity contribution is 0.390. The molecule has 0 aliphatic rings. The van der Waals surface area contributed by atoms with Crippen molar-refractivity contribution in [2.45, 2.75) is 24.4 Å². The van der Waals surface area contributed by atoms with Crippen molar-refractivity contribution in [2.24, 2.45) is 0 Å². The number of furan rings is 1. The van der Waals surface area contributed by atoms with Gasteiger partial charge >= 0.3 is 0 Å². The fourth-order valence-electron chi connectivity index (χ4n) is 2.26. The lowest BCUT2D eigenvalue weighted by Gasteiger charge is -2.08. The average Bonchev–Trinajstić information content (AvgIpc) is 3.32. The Hall–Kier alpha value is -2.39. The van der Waals surface area contributed by atoms with Crippen LogP contribution in [0.25, 0.3) is 21.8 Å². The lowest BCUT2D eigenvalue weighted by atomic mass is 10.4. The van der Waals surface area contributed by atoms with Gasteiger partial charge in [0.05, 0.1) is 17.5 Å². The molecule has 122 valence electrons. The molecule has 0 radical (unpaired) electrons. The highest BCUT2D eigenvalue weighted by molar-refractivity contribution is 7.98. The third kappa shape index (κ3) is 2.65. The van der Waals surface area contributed by atoms with E-state index in [4.69, 9.17) is 8.94 Å². The molecule has 4 aromatic heterocycles. The Balaban J connectivity index is 1.60. The van der Waals surface area contributed by atoms with Crippen molar-refractivity contribution >= 4 is 33.3 Å².